The van der Waals surface area contributed by atoms with E-state index in [4.69, 9.17) is 0 Å². The fraction of sp³-hybridized carbons (Fsp3) is 0.385. The Kier molecular flexibility index (Phi) is 7.14. The number of carbonyl (C=O) groups excluding carboxylic acids is 2. The third kappa shape index (κ3) is 6.94. The first-order valence-corrected chi connectivity index (χ1v) is 5.88. The maximum absolute atomic E-state index is 12.7. The molecule has 1 rings (SSSR count). The van der Waals surface area contributed by atoms with Crippen molar-refractivity contribution in [2.24, 2.45) is 0 Å². The smallest absolute Gasteiger partial charge is 0.294 e. The lowest BCUT2D eigenvalue weighted by Crippen LogP contribution is -2.38. The lowest BCUT2D eigenvalue weighted by atomic mass is 10.1. The van der Waals surface area contributed by atoms with Crippen molar-refractivity contribution in [3.8, 4) is 0 Å². The van der Waals surface area contributed by atoms with Gasteiger partial charge in [0.05, 0.1) is 6.42 Å². The van der Waals surface area contributed by atoms with Gasteiger partial charge in [0.15, 0.2) is 5.78 Å². The first-order valence-electron chi connectivity index (χ1n) is 5.88. The predicted octanol–water partition coefficient (Wildman–Crippen LogP) is 3.98. The minimum absolute atomic E-state index is 0.0568. The van der Waals surface area contributed by atoms with Crippen LogP contribution in [-0.2, 0) is 9.53 Å². The molecule has 21 heavy (non-hydrogen) atoms. The third-order valence-corrected chi connectivity index (χ3v) is 1.99. The highest BCUT2D eigenvalue weighted by Gasteiger charge is 2.50. The maximum atomic E-state index is 12.7. The fourth-order valence-electron chi connectivity index (χ4n) is 1.18. The van der Waals surface area contributed by atoms with Gasteiger partial charge in [0, 0.05) is 5.56 Å². The molecule has 1 aromatic rings. The Balaban J connectivity index is 0.00000191. The van der Waals surface area contributed by atoms with Crippen LogP contribution >= 0.6 is 0 Å². The average Bonchev–Trinajstić information content (AvgIpc) is 2.39. The van der Waals surface area contributed by atoms with Crippen molar-refractivity contribution in [3.63, 3.8) is 0 Å². The van der Waals surface area contributed by atoms with E-state index in [2.05, 4.69) is 4.74 Å². The van der Waals surface area contributed by atoms with Gasteiger partial charge in [-0.1, -0.05) is 44.2 Å². The van der Waals surface area contributed by atoms with E-state index in [1.165, 1.54) is 24.3 Å². The number of carbonyl (C=O) groups is 2. The van der Waals surface area contributed by atoms with Crippen molar-refractivity contribution in [2.75, 3.05) is 0 Å². The number of ketones is 2. The molecule has 3 nitrogen and oxygen atoms in total. The molecule has 0 heterocycles. The van der Waals surface area contributed by atoms with Crippen LogP contribution in [0.1, 0.15) is 30.6 Å². The molecule has 0 aliphatic heterocycles. The first-order chi connectivity index (χ1) is 9.62. The van der Waals surface area contributed by atoms with Crippen LogP contribution in [0.2, 0.25) is 0 Å². The summed E-state index contributed by atoms with van der Waals surface area (Å²) in [5, 5.41) is 0. The van der Waals surface area contributed by atoms with Gasteiger partial charge in [0.25, 0.3) is 0 Å². The Hall–Kier alpha value is -1.83. The number of Topliss-reactive ketones (excluding diaryl/α,β-unsaturated/α-hetero) is 2. The SMILES string of the molecule is CC.O=C(CC(=O)C(F)(F)OC(F)(F)F)c1ccccc1. The zero-order valence-electron chi connectivity index (χ0n) is 11.2. The van der Waals surface area contributed by atoms with Crippen LogP contribution < -0.4 is 0 Å². The van der Waals surface area contributed by atoms with Crippen LogP contribution in [0.4, 0.5) is 22.0 Å². The minimum Gasteiger partial charge on any atom is -0.294 e. The second-order valence-electron chi connectivity index (χ2n) is 3.45. The summed E-state index contributed by atoms with van der Waals surface area (Å²) >= 11 is 0. The van der Waals surface area contributed by atoms with Crippen molar-refractivity contribution in [2.45, 2.75) is 32.7 Å². The zero-order valence-corrected chi connectivity index (χ0v) is 11.2. The minimum atomic E-state index is -5.67. The second kappa shape index (κ2) is 7.82. The Morgan fingerprint density at radius 1 is 1.00 bits per heavy atom. The molecule has 0 aliphatic carbocycles. The lowest BCUT2D eigenvalue weighted by Gasteiger charge is -2.16. The monoisotopic (exact) mass is 312 g/mol. The number of alkyl halides is 5. The highest BCUT2D eigenvalue weighted by Crippen LogP contribution is 2.29. The van der Waals surface area contributed by atoms with E-state index < -0.39 is 30.5 Å². The number of hydrogen-bond acceptors (Lipinski definition) is 3. The third-order valence-electron chi connectivity index (χ3n) is 1.99. The average molecular weight is 312 g/mol. The number of hydrogen-bond donors (Lipinski definition) is 0. The summed E-state index contributed by atoms with van der Waals surface area (Å²) in [6.07, 6.45) is -12.1. The van der Waals surface area contributed by atoms with Gasteiger partial charge < -0.3 is 0 Å². The van der Waals surface area contributed by atoms with Crippen LogP contribution in [0.15, 0.2) is 30.3 Å². The van der Waals surface area contributed by atoms with E-state index in [0.29, 0.717) is 0 Å². The van der Waals surface area contributed by atoms with Crippen molar-refractivity contribution < 1.29 is 36.3 Å². The van der Waals surface area contributed by atoms with Crippen LogP contribution in [-0.4, -0.2) is 24.0 Å². The van der Waals surface area contributed by atoms with Gasteiger partial charge in [-0.2, -0.15) is 8.78 Å². The summed E-state index contributed by atoms with van der Waals surface area (Å²) in [5.74, 6) is -3.27. The lowest BCUT2D eigenvalue weighted by molar-refractivity contribution is -0.409. The summed E-state index contributed by atoms with van der Waals surface area (Å²) in [4.78, 5) is 22.3. The number of ether oxygens (including phenoxy) is 1. The Bertz CT molecular complexity index is 468. The highest BCUT2D eigenvalue weighted by molar-refractivity contribution is 6.09. The number of rotatable bonds is 5. The molecule has 0 saturated heterocycles. The molecule has 0 amide bonds. The number of benzene rings is 1. The van der Waals surface area contributed by atoms with Crippen molar-refractivity contribution in [1.29, 1.82) is 0 Å². The largest absolute Gasteiger partial charge is 0.527 e. The van der Waals surface area contributed by atoms with Gasteiger partial charge in [-0.15, -0.1) is 13.2 Å². The molecule has 118 valence electrons. The molecule has 0 bridgehead atoms. The van der Waals surface area contributed by atoms with Crippen molar-refractivity contribution in [3.05, 3.63) is 35.9 Å². The maximum Gasteiger partial charge on any atom is 0.527 e. The van der Waals surface area contributed by atoms with E-state index in [-0.39, 0.29) is 5.56 Å². The van der Waals surface area contributed by atoms with Gasteiger partial charge in [-0.05, 0) is 0 Å². The van der Waals surface area contributed by atoms with Gasteiger partial charge in [0.2, 0.25) is 5.78 Å². The summed E-state index contributed by atoms with van der Waals surface area (Å²) in [6, 6.07) is 6.88. The zero-order chi connectivity index (χ0) is 16.7. The van der Waals surface area contributed by atoms with Crippen LogP contribution in [0.25, 0.3) is 0 Å². The number of halogens is 5. The van der Waals surface area contributed by atoms with Gasteiger partial charge in [-0.25, -0.2) is 4.74 Å². The Morgan fingerprint density at radius 2 is 1.48 bits per heavy atom. The Morgan fingerprint density at radius 3 is 1.90 bits per heavy atom. The molecule has 0 radical (unpaired) electrons. The molecule has 1 aromatic carbocycles. The van der Waals surface area contributed by atoms with Crippen LogP contribution in [0.3, 0.4) is 0 Å². The molecule has 0 atom stereocenters. The summed E-state index contributed by atoms with van der Waals surface area (Å²) in [7, 11) is 0. The molecule has 0 fully saturated rings. The molecule has 0 spiro atoms. The van der Waals surface area contributed by atoms with Crippen LogP contribution in [0, 0.1) is 0 Å². The molecular weight excluding hydrogens is 299 g/mol. The van der Waals surface area contributed by atoms with Crippen molar-refractivity contribution >= 4 is 11.6 Å². The van der Waals surface area contributed by atoms with E-state index in [1.54, 1.807) is 6.07 Å². The van der Waals surface area contributed by atoms with Gasteiger partial charge >= 0.3 is 12.5 Å². The summed E-state index contributed by atoms with van der Waals surface area (Å²) < 4.78 is 62.8. The second-order valence-corrected chi connectivity index (χ2v) is 3.45. The standard InChI is InChI=1S/C11H7F5O3.C2H6/c12-10(13,19-11(14,15)16)9(18)6-8(17)7-4-2-1-3-5-7;1-2/h1-5H,6H2;1-2H3. The predicted molar refractivity (Wildman–Crippen MR) is 63.8 cm³/mol. The molecule has 8 heteroatoms. The molecule has 0 aliphatic rings. The highest BCUT2D eigenvalue weighted by atomic mass is 19.4. The molecule has 0 aromatic heterocycles. The summed E-state index contributed by atoms with van der Waals surface area (Å²) in [6.45, 7) is 4.00. The van der Waals surface area contributed by atoms with Gasteiger partial charge in [0.1, 0.15) is 0 Å². The van der Waals surface area contributed by atoms with E-state index in [1.807, 2.05) is 13.8 Å². The molecule has 0 saturated carbocycles. The van der Waals surface area contributed by atoms with Gasteiger partial charge in [-0.3, -0.25) is 9.59 Å². The van der Waals surface area contributed by atoms with Crippen molar-refractivity contribution in [1.82, 2.24) is 0 Å². The summed E-state index contributed by atoms with van der Waals surface area (Å²) in [5.41, 5.74) is -0.0568. The Labute approximate surface area is 117 Å². The molecule has 0 N–H and O–H groups in total. The van der Waals surface area contributed by atoms with E-state index in [9.17, 15) is 31.5 Å². The normalized spacial score (nSPS) is 11.4. The quantitative estimate of drug-likeness (QED) is 0.469. The molecule has 0 unspecified atom stereocenters. The first kappa shape index (κ1) is 19.2. The van der Waals surface area contributed by atoms with E-state index >= 15 is 0 Å². The topological polar surface area (TPSA) is 43.4 Å². The van der Waals surface area contributed by atoms with Crippen LogP contribution in [0.5, 0.6) is 0 Å². The fourth-order valence-corrected chi connectivity index (χ4v) is 1.18. The van der Waals surface area contributed by atoms with E-state index in [0.717, 1.165) is 0 Å². The molecular formula is C13H13F5O3.